The topological polar surface area (TPSA) is 58.5 Å². The summed E-state index contributed by atoms with van der Waals surface area (Å²) in [5.74, 6) is -0.515. The molecule has 2 saturated heterocycles. The zero-order valence-corrected chi connectivity index (χ0v) is 13.7. The third kappa shape index (κ3) is 2.89. The Balaban J connectivity index is 1.49. The molecule has 2 bridgehead atoms. The molecule has 1 aromatic carbocycles. The van der Waals surface area contributed by atoms with Gasteiger partial charge >= 0.3 is 0 Å². The number of piperidine rings is 1. The van der Waals surface area contributed by atoms with Crippen LogP contribution in [-0.4, -0.2) is 37.9 Å². The van der Waals surface area contributed by atoms with Crippen LogP contribution in [0.15, 0.2) is 18.2 Å². The summed E-state index contributed by atoms with van der Waals surface area (Å²) in [5, 5.41) is 10.0. The average molecular weight is 353 g/mol. The van der Waals surface area contributed by atoms with Crippen molar-refractivity contribution in [2.75, 3.05) is 13.1 Å². The van der Waals surface area contributed by atoms with Crippen LogP contribution in [0.25, 0.3) is 0 Å². The first-order valence-electron chi connectivity index (χ1n) is 7.93. The second kappa shape index (κ2) is 6.34. The number of halogens is 2. The summed E-state index contributed by atoms with van der Waals surface area (Å²) in [6.07, 6.45) is 1.57. The third-order valence-corrected chi connectivity index (χ3v) is 5.39. The highest BCUT2D eigenvalue weighted by Crippen LogP contribution is 2.41. The zero-order valence-electron chi connectivity index (χ0n) is 12.9. The molecule has 4 unspecified atom stereocenters. The molecule has 128 valence electrons. The molecule has 0 aliphatic carbocycles. The van der Waals surface area contributed by atoms with Crippen LogP contribution in [0, 0.1) is 17.6 Å². The van der Waals surface area contributed by atoms with E-state index in [9.17, 15) is 13.9 Å². The molecule has 0 saturated carbocycles. The van der Waals surface area contributed by atoms with E-state index in [0.29, 0.717) is 18.3 Å². The normalized spacial score (nSPS) is 29.0. The van der Waals surface area contributed by atoms with Gasteiger partial charge in [0.05, 0.1) is 23.9 Å². The summed E-state index contributed by atoms with van der Waals surface area (Å²) in [6, 6.07) is 3.48. The number of aliphatic hydroxyl groups excluding tert-OH is 1. The Morgan fingerprint density at radius 2 is 2.12 bits per heavy atom. The lowest BCUT2D eigenvalue weighted by Gasteiger charge is -2.30. The van der Waals surface area contributed by atoms with Gasteiger partial charge in [0.1, 0.15) is 23.9 Å². The lowest BCUT2D eigenvalue weighted by atomic mass is 9.93. The van der Waals surface area contributed by atoms with Crippen molar-refractivity contribution in [3.8, 4) is 5.88 Å². The quantitative estimate of drug-likeness (QED) is 0.915. The predicted molar refractivity (Wildman–Crippen MR) is 83.6 cm³/mol. The number of aliphatic hydroxyl groups is 1. The van der Waals surface area contributed by atoms with Crippen molar-refractivity contribution in [3.05, 3.63) is 41.1 Å². The van der Waals surface area contributed by atoms with Gasteiger partial charge in [-0.05, 0) is 30.9 Å². The number of ether oxygens (including phenoxy) is 1. The van der Waals surface area contributed by atoms with Crippen molar-refractivity contribution >= 4 is 11.7 Å². The van der Waals surface area contributed by atoms with Crippen LogP contribution in [0.4, 0.5) is 8.78 Å². The monoisotopic (exact) mass is 353 g/mol. The fourth-order valence-electron chi connectivity index (χ4n) is 3.56. The van der Waals surface area contributed by atoms with Crippen LogP contribution < -0.4 is 4.74 Å². The minimum atomic E-state index is -0.636. The van der Waals surface area contributed by atoms with Crippen molar-refractivity contribution in [1.29, 1.82) is 0 Å². The molecular weight excluding hydrogens is 336 g/mol. The molecule has 2 aliphatic heterocycles. The molecule has 1 aromatic heterocycles. The second-order valence-corrected chi connectivity index (χ2v) is 6.88. The number of nitrogens with zero attached hydrogens (tertiary/aromatic N) is 3. The lowest BCUT2D eigenvalue weighted by Crippen LogP contribution is -2.31. The predicted octanol–water partition coefficient (Wildman–Crippen LogP) is 2.52. The van der Waals surface area contributed by atoms with Crippen LogP contribution in [0.1, 0.15) is 30.1 Å². The Kier molecular flexibility index (Phi) is 4.19. The second-order valence-electron chi connectivity index (χ2n) is 6.35. The maximum absolute atomic E-state index is 13.7. The van der Waals surface area contributed by atoms with Gasteiger partial charge < -0.3 is 9.84 Å². The Bertz CT molecular complexity index is 740. The van der Waals surface area contributed by atoms with E-state index in [2.05, 4.69) is 13.6 Å². The highest BCUT2D eigenvalue weighted by Gasteiger charge is 2.42. The van der Waals surface area contributed by atoms with Gasteiger partial charge in [0.2, 0.25) is 0 Å². The Morgan fingerprint density at radius 3 is 2.96 bits per heavy atom. The van der Waals surface area contributed by atoms with Crippen molar-refractivity contribution in [1.82, 2.24) is 13.6 Å². The molecule has 2 fully saturated rings. The van der Waals surface area contributed by atoms with Crippen molar-refractivity contribution in [2.45, 2.75) is 31.6 Å². The molecule has 2 aromatic rings. The number of hydrogen-bond acceptors (Lipinski definition) is 6. The number of benzene rings is 1. The fourth-order valence-corrected chi connectivity index (χ4v) is 4.11. The van der Waals surface area contributed by atoms with E-state index in [4.69, 9.17) is 4.74 Å². The Labute approximate surface area is 142 Å². The molecule has 0 spiro atoms. The van der Waals surface area contributed by atoms with Gasteiger partial charge in [0.15, 0.2) is 0 Å². The van der Waals surface area contributed by atoms with E-state index in [1.807, 2.05) is 0 Å². The molecule has 0 amide bonds. The van der Waals surface area contributed by atoms with Gasteiger partial charge in [-0.1, -0.05) is 0 Å². The smallest absolute Gasteiger partial charge is 0.251 e. The molecule has 5 nitrogen and oxygen atoms in total. The molecule has 4 atom stereocenters. The highest BCUT2D eigenvalue weighted by molar-refractivity contribution is 6.99. The van der Waals surface area contributed by atoms with Crippen molar-refractivity contribution in [2.24, 2.45) is 5.92 Å². The minimum absolute atomic E-state index is 0.0253. The van der Waals surface area contributed by atoms with Crippen LogP contribution in [-0.2, 0) is 6.61 Å². The van der Waals surface area contributed by atoms with Crippen LogP contribution >= 0.6 is 11.7 Å². The fraction of sp³-hybridized carbons (Fsp3) is 0.500. The van der Waals surface area contributed by atoms with Crippen LogP contribution in [0.5, 0.6) is 5.88 Å². The number of rotatable bonds is 4. The maximum atomic E-state index is 13.7. The SMILES string of the molecule is OC1CN2CC1CCC2c1nsnc1OCc1ccc(F)cc1F. The van der Waals surface area contributed by atoms with Crippen molar-refractivity contribution < 1.29 is 18.6 Å². The summed E-state index contributed by atoms with van der Waals surface area (Å²) >= 11 is 1.06. The van der Waals surface area contributed by atoms with Gasteiger partial charge in [-0.15, -0.1) is 4.37 Å². The van der Waals surface area contributed by atoms with Gasteiger partial charge in [-0.25, -0.2) is 8.78 Å². The van der Waals surface area contributed by atoms with E-state index < -0.39 is 11.6 Å². The first-order chi connectivity index (χ1) is 11.6. The van der Waals surface area contributed by atoms with Gasteiger partial charge in [0, 0.05) is 24.7 Å². The minimum Gasteiger partial charge on any atom is -0.471 e. The van der Waals surface area contributed by atoms with Gasteiger partial charge in [-0.2, -0.15) is 4.37 Å². The molecule has 8 heteroatoms. The maximum Gasteiger partial charge on any atom is 0.251 e. The summed E-state index contributed by atoms with van der Waals surface area (Å²) in [6.45, 7) is 1.47. The number of fused-ring (bicyclic) bond motifs is 2. The van der Waals surface area contributed by atoms with Gasteiger partial charge in [0.25, 0.3) is 5.88 Å². The highest BCUT2D eigenvalue weighted by atomic mass is 32.1. The molecule has 0 radical (unpaired) electrons. The first kappa shape index (κ1) is 15.9. The Hall–Kier alpha value is -1.64. The van der Waals surface area contributed by atoms with Crippen LogP contribution in [0.3, 0.4) is 0 Å². The van der Waals surface area contributed by atoms with Gasteiger partial charge in [-0.3, -0.25) is 4.90 Å². The number of hydrogen-bond donors (Lipinski definition) is 1. The van der Waals surface area contributed by atoms with E-state index in [-0.39, 0.29) is 24.3 Å². The molecule has 4 rings (SSSR count). The zero-order chi connectivity index (χ0) is 16.7. The molecular formula is C16H17F2N3O2S. The third-order valence-electron chi connectivity index (χ3n) is 4.86. The summed E-state index contributed by atoms with van der Waals surface area (Å²) in [4.78, 5) is 2.21. The van der Waals surface area contributed by atoms with Crippen LogP contribution in [0.2, 0.25) is 0 Å². The molecule has 3 heterocycles. The molecule has 1 N–H and O–H groups in total. The standard InChI is InChI=1S/C16H17F2N3O2S/c17-11-3-1-10(12(18)5-11)8-23-16-15(19-24-20-16)13-4-2-9-6-21(13)7-14(9)22/h1,3,5,9,13-14,22H,2,4,6-8H2. The van der Waals surface area contributed by atoms with E-state index in [1.54, 1.807) is 0 Å². The number of aromatic nitrogens is 2. The summed E-state index contributed by atoms with van der Waals surface area (Å²) in [5.41, 5.74) is 1.02. The summed E-state index contributed by atoms with van der Waals surface area (Å²) < 4.78 is 40.9. The average Bonchev–Trinajstić information content (AvgIpc) is 3.13. The molecule has 24 heavy (non-hydrogen) atoms. The summed E-state index contributed by atoms with van der Waals surface area (Å²) in [7, 11) is 0. The Morgan fingerprint density at radius 1 is 1.25 bits per heavy atom. The molecule has 2 aliphatic rings. The van der Waals surface area contributed by atoms with E-state index in [1.165, 1.54) is 12.1 Å². The van der Waals surface area contributed by atoms with Crippen molar-refractivity contribution in [3.63, 3.8) is 0 Å². The lowest BCUT2D eigenvalue weighted by molar-refractivity contribution is 0.144. The first-order valence-corrected chi connectivity index (χ1v) is 8.66. The van der Waals surface area contributed by atoms with E-state index in [0.717, 1.165) is 42.9 Å². The largest absolute Gasteiger partial charge is 0.471 e. The van der Waals surface area contributed by atoms with E-state index >= 15 is 0 Å².